The second-order valence-electron chi connectivity index (χ2n) is 4.71. The van der Waals surface area contributed by atoms with Gasteiger partial charge in [-0.2, -0.15) is 4.67 Å². The van der Waals surface area contributed by atoms with Crippen molar-refractivity contribution in [2.45, 2.75) is 30.6 Å². The van der Waals surface area contributed by atoms with E-state index in [1.54, 1.807) is 0 Å². The fraction of sp³-hybridized carbons (Fsp3) is 1.00. The minimum Gasteiger partial charge on any atom is -0.394 e. The minimum atomic E-state index is -4.17. The Kier molecular flexibility index (Phi) is 8.49. The molecule has 9 nitrogen and oxygen atoms in total. The van der Waals surface area contributed by atoms with Crippen molar-refractivity contribution in [3.05, 3.63) is 0 Å². The van der Waals surface area contributed by atoms with Crippen LogP contribution in [-0.2, 0) is 9.30 Å². The third-order valence-electron chi connectivity index (χ3n) is 3.23. The smallest absolute Gasteiger partial charge is 0.343 e. The van der Waals surface area contributed by atoms with Gasteiger partial charge in [0.2, 0.25) is 0 Å². The minimum absolute atomic E-state index is 0.0194. The number of rotatable bonds is 8. The number of alkyl halides is 2. The van der Waals surface area contributed by atoms with Crippen LogP contribution in [0.25, 0.3) is 0 Å². The topological polar surface area (TPSA) is 143 Å². The number of ether oxygens (including phenoxy) is 1. The predicted octanol–water partition coefficient (Wildman–Crippen LogP) is -1.74. The lowest BCUT2D eigenvalue weighted by atomic mass is 9.98. The van der Waals surface area contributed by atoms with E-state index in [4.69, 9.17) is 33.0 Å². The van der Waals surface area contributed by atoms with Crippen LogP contribution in [0.5, 0.6) is 0 Å². The molecule has 1 heterocycles. The fourth-order valence-electron chi connectivity index (χ4n) is 2.11. The third kappa shape index (κ3) is 4.75. The van der Waals surface area contributed by atoms with Crippen LogP contribution >= 0.6 is 30.9 Å². The summed E-state index contributed by atoms with van der Waals surface area (Å²) >= 11 is 11.1. The first kappa shape index (κ1) is 20.5. The summed E-state index contributed by atoms with van der Waals surface area (Å²) in [5, 5.41) is 41.0. The first-order valence-electron chi connectivity index (χ1n) is 6.57. The number of halogens is 2. The molecule has 0 amide bonds. The van der Waals surface area contributed by atoms with Crippen LogP contribution in [0.2, 0.25) is 0 Å². The molecule has 132 valence electrons. The molecule has 0 radical (unpaired) electrons. The molecule has 6 N–H and O–H groups in total. The molecule has 1 aliphatic heterocycles. The lowest BCUT2D eigenvalue weighted by Gasteiger charge is -2.45. The van der Waals surface area contributed by atoms with E-state index in [-0.39, 0.29) is 24.8 Å². The largest absolute Gasteiger partial charge is 0.394 e. The molecule has 1 aliphatic rings. The molecule has 6 atom stereocenters. The maximum atomic E-state index is 12.3. The van der Waals surface area contributed by atoms with Gasteiger partial charge in [0.05, 0.1) is 6.61 Å². The number of aliphatic hydroxyl groups excluding tert-OH is 4. The first-order chi connectivity index (χ1) is 10.3. The Labute approximate surface area is 138 Å². The fourth-order valence-corrected chi connectivity index (χ4v) is 4.09. The zero-order valence-electron chi connectivity index (χ0n) is 11.6. The SMILES string of the molecule is O=P(O)(NCCCl)N(CCCl)[C@@H]1O[C@H](CO)[C@@H](O)[C@H](O)[C@@H]1O. The van der Waals surface area contributed by atoms with Crippen LogP contribution in [0, 0.1) is 0 Å². The summed E-state index contributed by atoms with van der Waals surface area (Å²) in [6, 6.07) is 0. The zero-order chi connectivity index (χ0) is 16.9. The van der Waals surface area contributed by atoms with E-state index in [0.29, 0.717) is 0 Å². The van der Waals surface area contributed by atoms with Crippen LogP contribution in [0.3, 0.4) is 0 Å². The van der Waals surface area contributed by atoms with Crippen LogP contribution in [0.1, 0.15) is 0 Å². The Morgan fingerprint density at radius 1 is 1.14 bits per heavy atom. The number of nitrogens with zero attached hydrogens (tertiary/aromatic N) is 1. The molecule has 12 heteroatoms. The van der Waals surface area contributed by atoms with Gasteiger partial charge in [-0.15, -0.1) is 23.2 Å². The van der Waals surface area contributed by atoms with Gasteiger partial charge in [-0.3, -0.25) is 4.57 Å². The Morgan fingerprint density at radius 3 is 2.27 bits per heavy atom. The highest BCUT2D eigenvalue weighted by Gasteiger charge is 2.49. The van der Waals surface area contributed by atoms with E-state index in [0.717, 1.165) is 4.67 Å². The molecule has 22 heavy (non-hydrogen) atoms. The molecule has 0 bridgehead atoms. The Bertz CT molecular complexity index is 392. The van der Waals surface area contributed by atoms with Crippen molar-refractivity contribution in [1.29, 1.82) is 0 Å². The van der Waals surface area contributed by atoms with Crippen LogP contribution in [0.4, 0.5) is 0 Å². The highest BCUT2D eigenvalue weighted by Crippen LogP contribution is 2.44. The van der Waals surface area contributed by atoms with Crippen LogP contribution in [0.15, 0.2) is 0 Å². The highest BCUT2D eigenvalue weighted by atomic mass is 35.5. The number of hydrogen-bond donors (Lipinski definition) is 6. The van der Waals surface area contributed by atoms with E-state index in [9.17, 15) is 24.8 Å². The van der Waals surface area contributed by atoms with Crippen LogP contribution in [-0.4, -0.2) is 92.1 Å². The van der Waals surface area contributed by atoms with Crippen molar-refractivity contribution in [3.8, 4) is 0 Å². The van der Waals surface area contributed by atoms with Crippen molar-refractivity contribution in [1.82, 2.24) is 9.76 Å². The third-order valence-corrected chi connectivity index (χ3v) is 5.35. The van der Waals surface area contributed by atoms with Crippen molar-refractivity contribution in [3.63, 3.8) is 0 Å². The molecule has 1 fully saturated rings. The summed E-state index contributed by atoms with van der Waals surface area (Å²) in [5.74, 6) is 0.0239. The molecule has 1 unspecified atom stereocenters. The first-order valence-corrected chi connectivity index (χ1v) is 9.25. The zero-order valence-corrected chi connectivity index (χ0v) is 14.0. The van der Waals surface area contributed by atoms with E-state index in [2.05, 4.69) is 5.09 Å². The van der Waals surface area contributed by atoms with E-state index in [1.165, 1.54) is 0 Å². The maximum Gasteiger partial charge on any atom is 0.343 e. The average Bonchev–Trinajstić information content (AvgIpc) is 2.49. The van der Waals surface area contributed by atoms with Gasteiger partial charge in [-0.1, -0.05) is 0 Å². The molecular formula is C10H21Cl2N2O7P. The molecule has 0 saturated carbocycles. The molecule has 1 saturated heterocycles. The normalized spacial score (nSPS) is 35.5. The molecule has 1 rings (SSSR count). The van der Waals surface area contributed by atoms with Gasteiger partial charge >= 0.3 is 7.67 Å². The van der Waals surface area contributed by atoms with E-state index in [1.807, 2.05) is 0 Å². The number of aliphatic hydroxyl groups is 4. The van der Waals surface area contributed by atoms with Crippen molar-refractivity contribution >= 4 is 30.9 Å². The summed E-state index contributed by atoms with van der Waals surface area (Å²) in [7, 11) is -4.17. The summed E-state index contributed by atoms with van der Waals surface area (Å²) in [6.07, 6.45) is -7.49. The molecule has 0 aromatic heterocycles. The number of nitrogens with one attached hydrogen (secondary N) is 1. The second-order valence-corrected chi connectivity index (χ2v) is 7.39. The summed E-state index contributed by atoms with van der Waals surface area (Å²) in [4.78, 5) is 10.1. The molecule has 0 aliphatic carbocycles. The molecular weight excluding hydrogens is 362 g/mol. The predicted molar refractivity (Wildman–Crippen MR) is 79.7 cm³/mol. The van der Waals surface area contributed by atoms with Gasteiger partial charge in [0.1, 0.15) is 30.6 Å². The van der Waals surface area contributed by atoms with Gasteiger partial charge < -0.3 is 30.1 Å². The number of hydrogen-bond acceptors (Lipinski definition) is 6. The Morgan fingerprint density at radius 2 is 1.77 bits per heavy atom. The van der Waals surface area contributed by atoms with Gasteiger partial charge in [0.15, 0.2) is 0 Å². The van der Waals surface area contributed by atoms with Gasteiger partial charge in [-0.05, 0) is 0 Å². The van der Waals surface area contributed by atoms with E-state index < -0.39 is 44.9 Å². The molecule has 0 aromatic carbocycles. The lowest BCUT2D eigenvalue weighted by molar-refractivity contribution is -0.253. The molecule has 0 aromatic rings. The van der Waals surface area contributed by atoms with Crippen molar-refractivity contribution in [2.75, 3.05) is 31.5 Å². The standard InChI is InChI=1S/C10H21Cl2N2O7P/c11-1-3-13-22(19,20)14(4-2-12)10-9(18)8(17)7(16)6(5-15)21-10/h6-10,15-18H,1-5H2,(H2,13,19,20)/t6-,7-,8+,9+,10-/m1/s1. The Hall–Kier alpha value is 0.490. The maximum absolute atomic E-state index is 12.3. The summed E-state index contributed by atoms with van der Waals surface area (Å²) in [6.45, 7) is -0.764. The molecule has 0 spiro atoms. The van der Waals surface area contributed by atoms with Crippen LogP contribution < -0.4 is 5.09 Å². The van der Waals surface area contributed by atoms with Gasteiger partial charge in [-0.25, -0.2) is 5.09 Å². The lowest BCUT2D eigenvalue weighted by Crippen LogP contribution is -2.63. The Balaban J connectivity index is 3.00. The van der Waals surface area contributed by atoms with E-state index >= 15 is 0 Å². The summed E-state index contributed by atoms with van der Waals surface area (Å²) < 4.78 is 18.5. The second kappa shape index (κ2) is 9.10. The average molecular weight is 383 g/mol. The summed E-state index contributed by atoms with van der Waals surface area (Å²) in [5.41, 5.74) is 0. The van der Waals surface area contributed by atoms with Crippen molar-refractivity contribution < 1.29 is 34.6 Å². The van der Waals surface area contributed by atoms with Gasteiger partial charge in [0, 0.05) is 24.8 Å². The van der Waals surface area contributed by atoms with Crippen molar-refractivity contribution in [2.24, 2.45) is 0 Å². The monoisotopic (exact) mass is 382 g/mol. The highest BCUT2D eigenvalue weighted by molar-refractivity contribution is 7.53. The quantitative estimate of drug-likeness (QED) is 0.213. The van der Waals surface area contributed by atoms with Gasteiger partial charge in [0.25, 0.3) is 0 Å².